The maximum absolute atomic E-state index is 12.6. The van der Waals surface area contributed by atoms with Crippen LogP contribution in [0.2, 0.25) is 0 Å². The summed E-state index contributed by atoms with van der Waals surface area (Å²) in [4.78, 5) is 0.371. The molecule has 0 saturated carbocycles. The molecule has 0 aromatic heterocycles. The van der Waals surface area contributed by atoms with Crippen LogP contribution in [0.3, 0.4) is 0 Å². The van der Waals surface area contributed by atoms with Crippen molar-refractivity contribution in [3.63, 3.8) is 0 Å². The maximum Gasteiger partial charge on any atom is 0.243 e. The molecule has 0 aliphatic rings. The van der Waals surface area contributed by atoms with Gasteiger partial charge < -0.3 is 5.32 Å². The highest BCUT2D eigenvalue weighted by Gasteiger charge is 2.25. The van der Waals surface area contributed by atoms with Crippen LogP contribution in [0.15, 0.2) is 29.2 Å². The standard InChI is InChI=1S/C15H26N2O2S/c1-6-16-13(5)14-9-8-10-15(11-14)20(18,19)17(7-2)12(3)4/h8-13,16H,6-7H2,1-5H3. The van der Waals surface area contributed by atoms with E-state index in [0.29, 0.717) is 11.4 Å². The predicted molar refractivity (Wildman–Crippen MR) is 83.2 cm³/mol. The van der Waals surface area contributed by atoms with Crippen LogP contribution < -0.4 is 5.32 Å². The summed E-state index contributed by atoms with van der Waals surface area (Å²) in [5.41, 5.74) is 0.993. The molecule has 1 aromatic rings. The average Bonchev–Trinajstić information content (AvgIpc) is 2.39. The fraction of sp³-hybridized carbons (Fsp3) is 0.600. The second-order valence-corrected chi connectivity index (χ2v) is 7.04. The lowest BCUT2D eigenvalue weighted by molar-refractivity contribution is 0.369. The first-order valence-corrected chi connectivity index (χ1v) is 8.63. The monoisotopic (exact) mass is 298 g/mol. The van der Waals surface area contributed by atoms with Crippen molar-refractivity contribution in [1.82, 2.24) is 9.62 Å². The van der Waals surface area contributed by atoms with E-state index in [1.165, 1.54) is 4.31 Å². The molecule has 1 atom stereocenters. The van der Waals surface area contributed by atoms with Gasteiger partial charge in [0.2, 0.25) is 10.0 Å². The third-order valence-electron chi connectivity index (χ3n) is 3.36. The molecule has 4 nitrogen and oxygen atoms in total. The Morgan fingerprint density at radius 3 is 2.35 bits per heavy atom. The van der Waals surface area contributed by atoms with Crippen molar-refractivity contribution in [3.8, 4) is 0 Å². The van der Waals surface area contributed by atoms with E-state index in [1.807, 2.05) is 46.8 Å². The van der Waals surface area contributed by atoms with Gasteiger partial charge in [0.25, 0.3) is 0 Å². The van der Waals surface area contributed by atoms with Crippen molar-refractivity contribution in [3.05, 3.63) is 29.8 Å². The van der Waals surface area contributed by atoms with Crippen LogP contribution in [0.25, 0.3) is 0 Å². The molecule has 20 heavy (non-hydrogen) atoms. The summed E-state index contributed by atoms with van der Waals surface area (Å²) in [6.07, 6.45) is 0. The SMILES string of the molecule is CCNC(C)c1cccc(S(=O)(=O)N(CC)C(C)C)c1. The first kappa shape index (κ1) is 17.1. The van der Waals surface area contributed by atoms with E-state index in [4.69, 9.17) is 0 Å². The number of nitrogens with zero attached hydrogens (tertiary/aromatic N) is 1. The predicted octanol–water partition coefficient (Wildman–Crippen LogP) is 2.78. The summed E-state index contributed by atoms with van der Waals surface area (Å²) in [5.74, 6) is 0. The Labute approximate surface area is 123 Å². The van der Waals surface area contributed by atoms with E-state index < -0.39 is 10.0 Å². The smallest absolute Gasteiger partial charge is 0.243 e. The summed E-state index contributed by atoms with van der Waals surface area (Å²) in [7, 11) is -3.42. The zero-order chi connectivity index (χ0) is 15.3. The van der Waals surface area contributed by atoms with Gasteiger partial charge in [0, 0.05) is 18.6 Å². The van der Waals surface area contributed by atoms with E-state index in [9.17, 15) is 8.42 Å². The fourth-order valence-electron chi connectivity index (χ4n) is 2.32. The second-order valence-electron chi connectivity index (χ2n) is 5.15. The number of hydrogen-bond acceptors (Lipinski definition) is 3. The van der Waals surface area contributed by atoms with Gasteiger partial charge in [-0.15, -0.1) is 0 Å². The minimum absolute atomic E-state index is 0.0418. The van der Waals surface area contributed by atoms with Crippen molar-refractivity contribution in [2.75, 3.05) is 13.1 Å². The van der Waals surface area contributed by atoms with Gasteiger partial charge in [-0.1, -0.05) is 26.0 Å². The minimum Gasteiger partial charge on any atom is -0.310 e. The number of sulfonamides is 1. The van der Waals surface area contributed by atoms with E-state index in [2.05, 4.69) is 5.32 Å². The Morgan fingerprint density at radius 2 is 1.85 bits per heavy atom. The average molecular weight is 298 g/mol. The summed E-state index contributed by atoms with van der Waals surface area (Å²) in [5, 5.41) is 3.30. The van der Waals surface area contributed by atoms with Crippen LogP contribution in [-0.4, -0.2) is 31.9 Å². The summed E-state index contributed by atoms with van der Waals surface area (Å²) < 4.78 is 26.8. The van der Waals surface area contributed by atoms with E-state index in [1.54, 1.807) is 12.1 Å². The molecule has 0 amide bonds. The molecule has 0 saturated heterocycles. The van der Waals surface area contributed by atoms with E-state index >= 15 is 0 Å². The Hall–Kier alpha value is -0.910. The molecule has 114 valence electrons. The largest absolute Gasteiger partial charge is 0.310 e. The molecule has 1 aromatic carbocycles. The van der Waals surface area contributed by atoms with Gasteiger partial charge in [0.15, 0.2) is 0 Å². The molecule has 0 heterocycles. The van der Waals surface area contributed by atoms with Gasteiger partial charge in [-0.05, 0) is 45.0 Å². The molecule has 0 aliphatic heterocycles. The summed E-state index contributed by atoms with van der Waals surface area (Å²) in [6.45, 7) is 11.1. The summed E-state index contributed by atoms with van der Waals surface area (Å²) >= 11 is 0. The first-order chi connectivity index (χ1) is 9.34. The van der Waals surface area contributed by atoms with Crippen molar-refractivity contribution in [1.29, 1.82) is 0 Å². The van der Waals surface area contributed by atoms with Crippen molar-refractivity contribution in [2.24, 2.45) is 0 Å². The third kappa shape index (κ3) is 3.81. The lowest BCUT2D eigenvalue weighted by Crippen LogP contribution is -2.36. The quantitative estimate of drug-likeness (QED) is 0.842. The molecular weight excluding hydrogens is 272 g/mol. The Balaban J connectivity index is 3.16. The van der Waals surface area contributed by atoms with Crippen molar-refractivity contribution >= 4 is 10.0 Å². The Morgan fingerprint density at radius 1 is 1.20 bits per heavy atom. The van der Waals surface area contributed by atoms with Crippen LogP contribution in [-0.2, 0) is 10.0 Å². The van der Waals surface area contributed by atoms with Crippen LogP contribution in [0.5, 0.6) is 0 Å². The molecule has 0 fully saturated rings. The normalized spacial score (nSPS) is 13.9. The number of benzene rings is 1. The molecule has 5 heteroatoms. The van der Waals surface area contributed by atoms with Gasteiger partial charge in [0.05, 0.1) is 4.90 Å². The number of rotatable bonds is 7. The van der Waals surface area contributed by atoms with Gasteiger partial charge in [-0.25, -0.2) is 8.42 Å². The minimum atomic E-state index is -3.42. The molecule has 1 N–H and O–H groups in total. The van der Waals surface area contributed by atoms with E-state index in [0.717, 1.165) is 12.1 Å². The van der Waals surface area contributed by atoms with Gasteiger partial charge >= 0.3 is 0 Å². The molecule has 0 radical (unpaired) electrons. The van der Waals surface area contributed by atoms with Crippen LogP contribution in [0.1, 0.15) is 46.2 Å². The molecule has 1 unspecified atom stereocenters. The molecule has 1 rings (SSSR count). The Bertz CT molecular complexity index is 526. The molecule has 0 bridgehead atoms. The topological polar surface area (TPSA) is 49.4 Å². The van der Waals surface area contributed by atoms with Crippen molar-refractivity contribution < 1.29 is 8.42 Å². The highest BCUT2D eigenvalue weighted by Crippen LogP contribution is 2.21. The highest BCUT2D eigenvalue weighted by molar-refractivity contribution is 7.89. The van der Waals surface area contributed by atoms with Gasteiger partial charge in [0.1, 0.15) is 0 Å². The third-order valence-corrected chi connectivity index (χ3v) is 5.51. The lowest BCUT2D eigenvalue weighted by atomic mass is 10.1. The lowest BCUT2D eigenvalue weighted by Gasteiger charge is -2.25. The number of nitrogens with one attached hydrogen (secondary N) is 1. The maximum atomic E-state index is 12.6. The fourth-order valence-corrected chi connectivity index (χ4v) is 4.02. The van der Waals surface area contributed by atoms with E-state index in [-0.39, 0.29) is 12.1 Å². The van der Waals surface area contributed by atoms with Gasteiger partial charge in [-0.2, -0.15) is 4.31 Å². The van der Waals surface area contributed by atoms with Gasteiger partial charge in [-0.3, -0.25) is 0 Å². The van der Waals surface area contributed by atoms with Crippen molar-refractivity contribution in [2.45, 2.75) is 51.6 Å². The zero-order valence-corrected chi connectivity index (χ0v) is 13.9. The molecular formula is C15H26N2O2S. The second kappa shape index (κ2) is 7.20. The molecule has 0 spiro atoms. The Kier molecular flexibility index (Phi) is 6.17. The summed E-state index contributed by atoms with van der Waals surface area (Å²) in [6, 6.07) is 7.31. The van der Waals surface area contributed by atoms with Crippen LogP contribution in [0.4, 0.5) is 0 Å². The highest BCUT2D eigenvalue weighted by atomic mass is 32.2. The molecule has 0 aliphatic carbocycles. The number of hydrogen-bond donors (Lipinski definition) is 1. The van der Waals surface area contributed by atoms with Crippen LogP contribution in [0, 0.1) is 0 Å². The van der Waals surface area contributed by atoms with Crippen LogP contribution >= 0.6 is 0 Å². The first-order valence-electron chi connectivity index (χ1n) is 7.19. The zero-order valence-electron chi connectivity index (χ0n) is 13.1.